The second-order valence-electron chi connectivity index (χ2n) is 5.96. The van der Waals surface area contributed by atoms with Gasteiger partial charge in [0.1, 0.15) is 5.82 Å². The van der Waals surface area contributed by atoms with Crippen LogP contribution in [0, 0.1) is 0 Å². The summed E-state index contributed by atoms with van der Waals surface area (Å²) >= 11 is 12.1. The Morgan fingerprint density at radius 3 is 2.35 bits per heavy atom. The van der Waals surface area contributed by atoms with Gasteiger partial charge in [-0.1, -0.05) is 29.3 Å². The minimum Gasteiger partial charge on any atom is -0.339 e. The number of benzene rings is 1. The zero-order chi connectivity index (χ0) is 18.7. The number of aromatic nitrogens is 1. The summed E-state index contributed by atoms with van der Waals surface area (Å²) in [5, 5.41) is 3.95. The molecule has 0 aliphatic carbocycles. The van der Waals surface area contributed by atoms with E-state index in [1.807, 2.05) is 0 Å². The van der Waals surface area contributed by atoms with Crippen molar-refractivity contribution >= 4 is 46.5 Å². The van der Waals surface area contributed by atoms with Crippen molar-refractivity contribution in [2.75, 3.05) is 31.5 Å². The average Bonchev–Trinajstić information content (AvgIpc) is 2.65. The van der Waals surface area contributed by atoms with E-state index < -0.39 is 0 Å². The molecule has 0 unspecified atom stereocenters. The number of carbonyl (C=O) groups is 2. The Hall–Kier alpha value is -2.31. The molecule has 3 rings (SSSR count). The van der Waals surface area contributed by atoms with Crippen LogP contribution in [0.1, 0.15) is 17.3 Å². The molecule has 0 spiro atoms. The molecule has 1 saturated heterocycles. The molecule has 1 N–H and O–H groups in total. The largest absolute Gasteiger partial charge is 0.339 e. The molecule has 6 nitrogen and oxygen atoms in total. The predicted octanol–water partition coefficient (Wildman–Crippen LogP) is 3.44. The second-order valence-corrected chi connectivity index (χ2v) is 6.74. The van der Waals surface area contributed by atoms with Gasteiger partial charge in [0.05, 0.1) is 21.3 Å². The zero-order valence-electron chi connectivity index (χ0n) is 14.2. The molecule has 136 valence electrons. The molecule has 0 saturated carbocycles. The first-order valence-corrected chi connectivity index (χ1v) is 8.93. The Kier molecular flexibility index (Phi) is 5.64. The van der Waals surface area contributed by atoms with Crippen LogP contribution < -0.4 is 5.32 Å². The Balaban J connectivity index is 1.65. The number of amides is 2. The van der Waals surface area contributed by atoms with Crippen LogP contribution in [-0.2, 0) is 4.79 Å². The van der Waals surface area contributed by atoms with Crippen LogP contribution in [0.5, 0.6) is 0 Å². The number of halogens is 2. The molecule has 1 aromatic carbocycles. The fourth-order valence-corrected chi connectivity index (χ4v) is 3.09. The topological polar surface area (TPSA) is 65.5 Å². The minimum absolute atomic E-state index is 0.0360. The van der Waals surface area contributed by atoms with Gasteiger partial charge in [0.2, 0.25) is 5.91 Å². The summed E-state index contributed by atoms with van der Waals surface area (Å²) < 4.78 is 0. The third-order valence-corrected chi connectivity index (χ3v) is 5.06. The Morgan fingerprint density at radius 2 is 1.73 bits per heavy atom. The van der Waals surface area contributed by atoms with Crippen LogP contribution >= 0.6 is 23.2 Å². The lowest BCUT2D eigenvalue weighted by molar-refractivity contribution is -0.130. The molecule has 8 heteroatoms. The molecule has 1 aliphatic rings. The normalized spacial score (nSPS) is 14.3. The first kappa shape index (κ1) is 18.5. The molecule has 1 fully saturated rings. The fourth-order valence-electron chi connectivity index (χ4n) is 2.74. The highest BCUT2D eigenvalue weighted by Crippen LogP contribution is 2.31. The third kappa shape index (κ3) is 4.08. The van der Waals surface area contributed by atoms with Gasteiger partial charge in [0.15, 0.2) is 0 Å². The molecule has 0 bridgehead atoms. The van der Waals surface area contributed by atoms with Gasteiger partial charge < -0.3 is 15.1 Å². The first-order valence-electron chi connectivity index (χ1n) is 8.17. The molecule has 2 amide bonds. The Morgan fingerprint density at radius 1 is 1.04 bits per heavy atom. The summed E-state index contributed by atoms with van der Waals surface area (Å²) in [7, 11) is 0. The molecule has 26 heavy (non-hydrogen) atoms. The van der Waals surface area contributed by atoms with Crippen LogP contribution in [0.4, 0.5) is 11.5 Å². The number of nitrogens with zero attached hydrogens (tertiary/aromatic N) is 3. The quantitative estimate of drug-likeness (QED) is 0.868. The molecule has 0 atom stereocenters. The number of hydrogen-bond acceptors (Lipinski definition) is 4. The lowest BCUT2D eigenvalue weighted by Crippen LogP contribution is -2.50. The monoisotopic (exact) mass is 392 g/mol. The van der Waals surface area contributed by atoms with Crippen molar-refractivity contribution in [2.24, 2.45) is 0 Å². The van der Waals surface area contributed by atoms with Crippen molar-refractivity contribution in [2.45, 2.75) is 6.92 Å². The Labute approximate surface area is 161 Å². The maximum atomic E-state index is 12.6. The second kappa shape index (κ2) is 7.93. The summed E-state index contributed by atoms with van der Waals surface area (Å²) in [6.07, 6.45) is 1.53. The molecule has 1 aliphatic heterocycles. The number of anilines is 2. The van der Waals surface area contributed by atoms with Crippen molar-refractivity contribution in [3.8, 4) is 0 Å². The van der Waals surface area contributed by atoms with Crippen molar-refractivity contribution in [1.82, 2.24) is 14.8 Å². The van der Waals surface area contributed by atoms with E-state index in [0.717, 1.165) is 0 Å². The molecule has 1 aromatic heterocycles. The van der Waals surface area contributed by atoms with E-state index in [4.69, 9.17) is 23.2 Å². The van der Waals surface area contributed by atoms with Gasteiger partial charge in [-0.25, -0.2) is 4.98 Å². The molecule has 2 aromatic rings. The van der Waals surface area contributed by atoms with E-state index in [1.54, 1.807) is 47.1 Å². The van der Waals surface area contributed by atoms with Gasteiger partial charge in [0, 0.05) is 39.3 Å². The number of hydrogen-bond donors (Lipinski definition) is 1. The third-order valence-electron chi connectivity index (χ3n) is 4.24. The van der Waals surface area contributed by atoms with Gasteiger partial charge in [-0.3, -0.25) is 9.59 Å². The van der Waals surface area contributed by atoms with E-state index >= 15 is 0 Å². The molecule has 2 heterocycles. The Bertz CT molecular complexity index is 818. The summed E-state index contributed by atoms with van der Waals surface area (Å²) in [5.41, 5.74) is 1.15. The van der Waals surface area contributed by atoms with Gasteiger partial charge in [-0.2, -0.15) is 0 Å². The highest BCUT2D eigenvalue weighted by molar-refractivity contribution is 6.43. The smallest absolute Gasteiger partial charge is 0.255 e. The SMILES string of the molecule is CC(=O)N1CCN(C(=O)c2ccc(Nc3cccc(Cl)c3Cl)nc2)CC1. The number of piperazine rings is 1. The van der Waals surface area contributed by atoms with Crippen molar-refractivity contribution < 1.29 is 9.59 Å². The zero-order valence-corrected chi connectivity index (χ0v) is 15.7. The summed E-state index contributed by atoms with van der Waals surface area (Å²) in [4.78, 5) is 31.7. The van der Waals surface area contributed by atoms with Gasteiger partial charge >= 0.3 is 0 Å². The lowest BCUT2D eigenvalue weighted by Gasteiger charge is -2.34. The molecule has 0 radical (unpaired) electrons. The minimum atomic E-state index is -0.0898. The average molecular weight is 393 g/mol. The van der Waals surface area contributed by atoms with Gasteiger partial charge in [-0.15, -0.1) is 0 Å². The molecular weight excluding hydrogens is 375 g/mol. The number of rotatable bonds is 3. The van der Waals surface area contributed by atoms with Crippen LogP contribution in [0.2, 0.25) is 10.0 Å². The highest BCUT2D eigenvalue weighted by Gasteiger charge is 2.23. The van der Waals surface area contributed by atoms with Crippen LogP contribution in [-0.4, -0.2) is 52.8 Å². The van der Waals surface area contributed by atoms with Crippen LogP contribution in [0.3, 0.4) is 0 Å². The number of pyridine rings is 1. The lowest BCUT2D eigenvalue weighted by atomic mass is 10.2. The van der Waals surface area contributed by atoms with Crippen LogP contribution in [0.25, 0.3) is 0 Å². The maximum absolute atomic E-state index is 12.6. The van der Waals surface area contributed by atoms with Crippen molar-refractivity contribution in [3.05, 3.63) is 52.1 Å². The predicted molar refractivity (Wildman–Crippen MR) is 102 cm³/mol. The molecular formula is C18H18Cl2N4O2. The maximum Gasteiger partial charge on any atom is 0.255 e. The van der Waals surface area contributed by atoms with E-state index in [-0.39, 0.29) is 11.8 Å². The van der Waals surface area contributed by atoms with Crippen molar-refractivity contribution in [3.63, 3.8) is 0 Å². The van der Waals surface area contributed by atoms with Gasteiger partial charge in [0.25, 0.3) is 5.91 Å². The summed E-state index contributed by atoms with van der Waals surface area (Å²) in [6.45, 7) is 3.70. The fraction of sp³-hybridized carbons (Fsp3) is 0.278. The van der Waals surface area contributed by atoms with Crippen molar-refractivity contribution in [1.29, 1.82) is 0 Å². The highest BCUT2D eigenvalue weighted by atomic mass is 35.5. The van der Waals surface area contributed by atoms with E-state index in [0.29, 0.717) is 53.3 Å². The summed E-state index contributed by atoms with van der Waals surface area (Å²) in [6, 6.07) is 8.72. The number of carbonyl (C=O) groups excluding carboxylic acids is 2. The number of nitrogens with one attached hydrogen (secondary N) is 1. The van der Waals surface area contributed by atoms with E-state index in [2.05, 4.69) is 10.3 Å². The standard InChI is InChI=1S/C18H18Cl2N4O2/c1-12(25)23-7-9-24(10-8-23)18(26)13-5-6-16(21-11-13)22-15-4-2-3-14(19)17(15)20/h2-6,11H,7-10H2,1H3,(H,21,22). The summed E-state index contributed by atoms with van der Waals surface area (Å²) in [5.74, 6) is 0.508. The van der Waals surface area contributed by atoms with E-state index in [1.165, 1.54) is 6.20 Å². The van der Waals surface area contributed by atoms with Crippen LogP contribution in [0.15, 0.2) is 36.5 Å². The van der Waals surface area contributed by atoms with Gasteiger partial charge in [-0.05, 0) is 24.3 Å². The van der Waals surface area contributed by atoms with E-state index in [9.17, 15) is 9.59 Å². The first-order chi connectivity index (χ1) is 12.5.